The predicted molar refractivity (Wildman–Crippen MR) is 98.5 cm³/mol. The first kappa shape index (κ1) is 19.2. The van der Waals surface area contributed by atoms with Gasteiger partial charge in [0.2, 0.25) is 0 Å². The van der Waals surface area contributed by atoms with Gasteiger partial charge in [0.05, 0.1) is 6.10 Å². The lowest BCUT2D eigenvalue weighted by Crippen LogP contribution is -2.34. The molecule has 0 aliphatic rings. The molecule has 0 saturated carbocycles. The van der Waals surface area contributed by atoms with Crippen LogP contribution in [0.15, 0.2) is 36.4 Å². The highest BCUT2D eigenvalue weighted by molar-refractivity contribution is 5.87. The molecule has 0 radical (unpaired) electrons. The van der Waals surface area contributed by atoms with E-state index in [4.69, 9.17) is 4.74 Å². The number of aliphatic hydroxyl groups excluding tert-OH is 2. The highest BCUT2D eigenvalue weighted by atomic mass is 16.6. The number of carbonyl (C=O) groups excluding carboxylic acids is 1. The fraction of sp³-hybridized carbons (Fsp3) is 0.450. The number of nitrogens with one attached hydrogen (secondary N) is 1. The molecule has 1 amide bonds. The van der Waals surface area contributed by atoms with Crippen molar-refractivity contribution in [2.45, 2.75) is 51.9 Å². The number of rotatable bonds is 5. The first-order valence-electron chi connectivity index (χ1n) is 8.50. The molecule has 5 heteroatoms. The van der Waals surface area contributed by atoms with Gasteiger partial charge in [-0.25, -0.2) is 4.79 Å². The minimum absolute atomic E-state index is 0.219. The number of ether oxygens (including phenoxy) is 1. The molecule has 2 unspecified atom stereocenters. The normalized spacial score (nSPS) is 14.2. The van der Waals surface area contributed by atoms with Gasteiger partial charge in [0.1, 0.15) is 11.7 Å². The second kappa shape index (κ2) is 7.85. The predicted octanol–water partition coefficient (Wildman–Crippen LogP) is 3.46. The molecule has 136 valence electrons. The van der Waals surface area contributed by atoms with Gasteiger partial charge in [-0.3, -0.25) is 0 Å². The minimum Gasteiger partial charge on any atom is -0.444 e. The van der Waals surface area contributed by atoms with Crippen LogP contribution < -0.4 is 5.32 Å². The van der Waals surface area contributed by atoms with E-state index in [0.29, 0.717) is 0 Å². The number of aliphatic hydroxyl groups is 2. The van der Waals surface area contributed by atoms with Gasteiger partial charge in [0.25, 0.3) is 0 Å². The zero-order valence-electron chi connectivity index (χ0n) is 15.2. The zero-order valence-corrected chi connectivity index (χ0v) is 15.2. The van der Waals surface area contributed by atoms with Crippen molar-refractivity contribution in [2.75, 3.05) is 6.54 Å². The second-order valence-corrected chi connectivity index (χ2v) is 7.25. The summed E-state index contributed by atoms with van der Waals surface area (Å²) in [6.45, 7) is 7.49. The zero-order chi connectivity index (χ0) is 18.6. The lowest BCUT2D eigenvalue weighted by Gasteiger charge is -2.23. The summed E-state index contributed by atoms with van der Waals surface area (Å²) in [7, 11) is 0. The van der Waals surface area contributed by atoms with Crippen molar-refractivity contribution in [2.24, 2.45) is 0 Å². The van der Waals surface area contributed by atoms with Crippen molar-refractivity contribution in [3.63, 3.8) is 0 Å². The summed E-state index contributed by atoms with van der Waals surface area (Å²) in [5.74, 6) is 0. The minimum atomic E-state index is -1.02. The summed E-state index contributed by atoms with van der Waals surface area (Å²) in [4.78, 5) is 11.6. The van der Waals surface area contributed by atoms with Gasteiger partial charge in [0.15, 0.2) is 0 Å². The Balaban J connectivity index is 2.02. The molecule has 5 nitrogen and oxygen atoms in total. The van der Waals surface area contributed by atoms with Crippen LogP contribution >= 0.6 is 0 Å². The molecule has 0 saturated heterocycles. The molecule has 2 atom stereocenters. The molecule has 3 N–H and O–H groups in total. The number of fused-ring (bicyclic) bond motifs is 1. The van der Waals surface area contributed by atoms with Crippen molar-refractivity contribution in [1.82, 2.24) is 5.32 Å². The van der Waals surface area contributed by atoms with Crippen LogP contribution in [-0.2, 0) is 4.74 Å². The Morgan fingerprint density at radius 1 is 1.16 bits per heavy atom. The number of amides is 1. The van der Waals surface area contributed by atoms with E-state index in [1.165, 1.54) is 0 Å². The van der Waals surface area contributed by atoms with Crippen molar-refractivity contribution >= 4 is 16.9 Å². The Morgan fingerprint density at radius 2 is 1.84 bits per heavy atom. The fourth-order valence-corrected chi connectivity index (χ4v) is 2.78. The fourth-order valence-electron chi connectivity index (χ4n) is 2.78. The number of carbonyl (C=O) groups is 1. The first-order chi connectivity index (χ1) is 11.7. The molecule has 0 heterocycles. The average molecular weight is 345 g/mol. The number of hydrogen-bond acceptors (Lipinski definition) is 4. The molecule has 0 fully saturated rings. The van der Waals surface area contributed by atoms with Gasteiger partial charge in [-0.2, -0.15) is 0 Å². The molecule has 2 aromatic carbocycles. The van der Waals surface area contributed by atoms with E-state index in [1.54, 1.807) is 20.8 Å². The Morgan fingerprint density at radius 3 is 2.52 bits per heavy atom. The molecule has 0 aliphatic heterocycles. The molecule has 0 bridgehead atoms. The van der Waals surface area contributed by atoms with Crippen LogP contribution in [0.2, 0.25) is 0 Å². The van der Waals surface area contributed by atoms with E-state index < -0.39 is 23.9 Å². The van der Waals surface area contributed by atoms with Gasteiger partial charge in [-0.1, -0.05) is 36.4 Å². The van der Waals surface area contributed by atoms with E-state index in [-0.39, 0.29) is 13.0 Å². The van der Waals surface area contributed by atoms with Crippen LogP contribution in [0.5, 0.6) is 0 Å². The number of benzene rings is 2. The number of hydrogen-bond donors (Lipinski definition) is 3. The van der Waals surface area contributed by atoms with Gasteiger partial charge >= 0.3 is 6.09 Å². The molecule has 25 heavy (non-hydrogen) atoms. The molecular weight excluding hydrogens is 318 g/mol. The van der Waals surface area contributed by atoms with Crippen LogP contribution in [0.1, 0.15) is 44.4 Å². The highest BCUT2D eigenvalue weighted by Gasteiger charge is 2.23. The Kier molecular flexibility index (Phi) is 6.03. The largest absolute Gasteiger partial charge is 0.444 e. The highest BCUT2D eigenvalue weighted by Crippen LogP contribution is 2.30. The maximum Gasteiger partial charge on any atom is 0.407 e. The van der Waals surface area contributed by atoms with Gasteiger partial charge in [-0.15, -0.1) is 0 Å². The number of aryl methyl sites for hydroxylation is 1. The van der Waals surface area contributed by atoms with E-state index >= 15 is 0 Å². The summed E-state index contributed by atoms with van der Waals surface area (Å²) < 4.78 is 5.15. The topological polar surface area (TPSA) is 78.8 Å². The van der Waals surface area contributed by atoms with Gasteiger partial charge in [0, 0.05) is 6.54 Å². The Hall–Kier alpha value is -2.11. The van der Waals surface area contributed by atoms with Gasteiger partial charge in [-0.05, 0) is 56.0 Å². The first-order valence-corrected chi connectivity index (χ1v) is 8.50. The van der Waals surface area contributed by atoms with Crippen LogP contribution in [0.25, 0.3) is 10.8 Å². The van der Waals surface area contributed by atoms with E-state index in [9.17, 15) is 15.0 Å². The smallest absolute Gasteiger partial charge is 0.407 e. The lowest BCUT2D eigenvalue weighted by atomic mass is 9.92. The maximum absolute atomic E-state index is 11.6. The Bertz CT molecular complexity index is 736. The summed E-state index contributed by atoms with van der Waals surface area (Å²) in [5.41, 5.74) is 1.08. The quantitative estimate of drug-likeness (QED) is 0.775. The van der Waals surface area contributed by atoms with Gasteiger partial charge < -0.3 is 20.3 Å². The van der Waals surface area contributed by atoms with Crippen LogP contribution in [0, 0.1) is 6.92 Å². The molecule has 0 aliphatic carbocycles. The third-order valence-corrected chi connectivity index (χ3v) is 3.96. The van der Waals surface area contributed by atoms with Crippen molar-refractivity contribution in [3.8, 4) is 0 Å². The summed E-state index contributed by atoms with van der Waals surface area (Å²) >= 11 is 0. The van der Waals surface area contributed by atoms with Crippen molar-refractivity contribution in [3.05, 3.63) is 47.5 Å². The summed E-state index contributed by atoms with van der Waals surface area (Å²) in [6.07, 6.45) is -2.31. The second-order valence-electron chi connectivity index (χ2n) is 7.25. The lowest BCUT2D eigenvalue weighted by molar-refractivity contribution is 0.0128. The molecule has 0 spiro atoms. The van der Waals surface area contributed by atoms with Crippen molar-refractivity contribution < 1.29 is 19.7 Å². The van der Waals surface area contributed by atoms with Crippen LogP contribution in [0.3, 0.4) is 0 Å². The molecular formula is C20H27NO4. The van der Waals surface area contributed by atoms with Crippen molar-refractivity contribution in [1.29, 1.82) is 0 Å². The SMILES string of the molecule is Cc1ccc2ccccc2c1C(O)C(O)CCNC(=O)OC(C)(C)C. The molecule has 0 aromatic heterocycles. The van der Waals surface area contributed by atoms with E-state index in [1.807, 2.05) is 43.3 Å². The third kappa shape index (κ3) is 5.18. The maximum atomic E-state index is 11.6. The summed E-state index contributed by atoms with van der Waals surface area (Å²) in [6, 6.07) is 11.7. The molecule has 2 rings (SSSR count). The summed E-state index contributed by atoms with van der Waals surface area (Å²) in [5, 5.41) is 25.5. The Labute approximate surface area is 148 Å². The van der Waals surface area contributed by atoms with Crippen LogP contribution in [0.4, 0.5) is 4.79 Å². The molecule has 2 aromatic rings. The van der Waals surface area contributed by atoms with E-state index in [0.717, 1.165) is 21.9 Å². The van der Waals surface area contributed by atoms with E-state index in [2.05, 4.69) is 5.32 Å². The number of alkyl carbamates (subject to hydrolysis) is 1. The monoisotopic (exact) mass is 345 g/mol. The van der Waals surface area contributed by atoms with Crippen LogP contribution in [-0.4, -0.2) is 34.6 Å². The third-order valence-electron chi connectivity index (χ3n) is 3.96. The standard InChI is InChI=1S/C20H27NO4/c1-13-9-10-14-7-5-6-8-15(14)17(13)18(23)16(22)11-12-21-19(24)25-20(2,3)4/h5-10,16,18,22-23H,11-12H2,1-4H3,(H,21,24). The average Bonchev–Trinajstić information content (AvgIpc) is 2.52.